The summed E-state index contributed by atoms with van der Waals surface area (Å²) in [5.41, 5.74) is 0. The predicted molar refractivity (Wildman–Crippen MR) is 55.2 cm³/mol. The monoisotopic (exact) mass is 215 g/mol. The molecule has 1 rings (SSSR count). The highest BCUT2D eigenvalue weighted by Crippen LogP contribution is 2.08. The summed E-state index contributed by atoms with van der Waals surface area (Å²) in [6.45, 7) is 0. The fourth-order valence-electron chi connectivity index (χ4n) is 0.766. The van der Waals surface area contributed by atoms with Crippen LogP contribution < -0.4 is 0 Å². The minimum absolute atomic E-state index is 0.791. The molecule has 1 unspecified atom stereocenters. The van der Waals surface area contributed by atoms with Crippen molar-refractivity contribution in [3.05, 3.63) is 30.3 Å². The molecule has 0 aromatic heterocycles. The molecule has 1 aromatic carbocycles. The first kappa shape index (κ1) is 10.1. The lowest BCUT2D eigenvalue weighted by atomic mass is 10.4. The summed E-state index contributed by atoms with van der Waals surface area (Å²) in [7, 11) is 0.686. The number of hydrogen-bond donors (Lipinski definition) is 1. The number of nitrogens with zero attached hydrogens (tertiary/aromatic N) is 1. The molecule has 0 heterocycles. The van der Waals surface area contributed by atoms with Crippen molar-refractivity contribution in [2.24, 2.45) is 0 Å². The number of benzene rings is 1. The Kier molecular flexibility index (Phi) is 3.39. The van der Waals surface area contributed by atoms with Crippen LogP contribution in [0.1, 0.15) is 0 Å². The Balaban J connectivity index is 2.86. The zero-order chi connectivity index (χ0) is 9.84. The molecular weight excluding hydrogens is 206 g/mol. The molecule has 13 heavy (non-hydrogen) atoms. The third kappa shape index (κ3) is 2.50. The lowest BCUT2D eigenvalue weighted by Crippen LogP contribution is -2.26. The van der Waals surface area contributed by atoms with Crippen LogP contribution >= 0.6 is 0 Å². The molecular formula is C8H9NO2S2. The summed E-state index contributed by atoms with van der Waals surface area (Å²) >= 11 is 5.08. The van der Waals surface area contributed by atoms with Crippen LogP contribution in [0, 0.1) is 0 Å². The highest BCUT2D eigenvalue weighted by molar-refractivity contribution is 8.27. The van der Waals surface area contributed by atoms with E-state index in [1.807, 2.05) is 30.3 Å². The zero-order valence-electron chi connectivity index (χ0n) is 7.01. The summed E-state index contributed by atoms with van der Waals surface area (Å²) in [6, 6.07) is 9.22. The Bertz CT molecular complexity index is 326. The van der Waals surface area contributed by atoms with Gasteiger partial charge in [-0.15, -0.1) is 0 Å². The summed E-state index contributed by atoms with van der Waals surface area (Å²) in [5, 5.41) is 8.68. The van der Waals surface area contributed by atoms with Gasteiger partial charge in [0.05, 0.1) is 0 Å². The SMILES string of the molecule is CN(C(=O)O)S(=S)c1ccccc1. The molecule has 1 amide bonds. The molecule has 0 aliphatic carbocycles. The predicted octanol–water partition coefficient (Wildman–Crippen LogP) is 1.65. The van der Waals surface area contributed by atoms with Gasteiger partial charge in [-0.3, -0.25) is 0 Å². The molecule has 0 fully saturated rings. The van der Waals surface area contributed by atoms with Crippen molar-refractivity contribution in [3.63, 3.8) is 0 Å². The van der Waals surface area contributed by atoms with Gasteiger partial charge in [-0.25, -0.2) is 9.10 Å². The Morgan fingerprint density at radius 2 is 2.00 bits per heavy atom. The van der Waals surface area contributed by atoms with E-state index in [0.717, 1.165) is 9.20 Å². The van der Waals surface area contributed by atoms with Gasteiger partial charge >= 0.3 is 6.09 Å². The van der Waals surface area contributed by atoms with Gasteiger partial charge in [-0.1, -0.05) is 18.2 Å². The largest absolute Gasteiger partial charge is 0.464 e. The molecule has 0 bridgehead atoms. The standard InChI is InChI=1S/C8H9NO2S2/c1-9(8(10)11)13(12)7-5-3-2-4-6-7/h2-6H,1H3,(H,10,11). The molecule has 0 aliphatic heterocycles. The van der Waals surface area contributed by atoms with Crippen molar-refractivity contribution in [1.82, 2.24) is 4.31 Å². The second kappa shape index (κ2) is 4.34. The fourth-order valence-corrected chi connectivity index (χ4v) is 2.14. The van der Waals surface area contributed by atoms with E-state index in [2.05, 4.69) is 0 Å². The van der Waals surface area contributed by atoms with Crippen LogP contribution in [0.2, 0.25) is 0 Å². The number of amides is 1. The quantitative estimate of drug-likeness (QED) is 0.815. The first-order chi connectivity index (χ1) is 6.13. The second-order valence-corrected chi connectivity index (χ2v) is 4.81. The second-order valence-electron chi connectivity index (χ2n) is 2.34. The number of carbonyl (C=O) groups is 1. The maximum atomic E-state index is 10.6. The average molecular weight is 215 g/mol. The minimum atomic E-state index is -0.998. The highest BCUT2D eigenvalue weighted by Gasteiger charge is 2.10. The van der Waals surface area contributed by atoms with Gasteiger partial charge in [0.1, 0.15) is 0 Å². The molecule has 0 spiro atoms. The maximum Gasteiger partial charge on any atom is 0.417 e. The van der Waals surface area contributed by atoms with E-state index in [0.29, 0.717) is 0 Å². The summed E-state index contributed by atoms with van der Waals surface area (Å²) < 4.78 is 1.13. The molecule has 1 atom stereocenters. The number of rotatable bonds is 2. The van der Waals surface area contributed by atoms with Gasteiger partial charge in [0.2, 0.25) is 0 Å². The van der Waals surface area contributed by atoms with E-state index in [4.69, 9.17) is 16.3 Å². The average Bonchev–Trinajstić information content (AvgIpc) is 2.17. The number of hydrogen-bond acceptors (Lipinski definition) is 2. The van der Waals surface area contributed by atoms with E-state index >= 15 is 0 Å². The molecule has 5 heteroatoms. The zero-order valence-corrected chi connectivity index (χ0v) is 8.64. The van der Waals surface area contributed by atoms with Crippen molar-refractivity contribution in [2.45, 2.75) is 4.90 Å². The molecule has 1 aromatic rings. The van der Waals surface area contributed by atoms with Crippen LogP contribution in [0.15, 0.2) is 35.2 Å². The first-order valence-electron chi connectivity index (χ1n) is 3.56. The van der Waals surface area contributed by atoms with Crippen LogP contribution in [-0.2, 0) is 20.8 Å². The van der Waals surface area contributed by atoms with Crippen LogP contribution in [0.4, 0.5) is 4.79 Å². The van der Waals surface area contributed by atoms with Crippen molar-refractivity contribution in [2.75, 3.05) is 7.05 Å². The normalized spacial score (nSPS) is 12.1. The van der Waals surface area contributed by atoms with E-state index in [9.17, 15) is 4.79 Å². The van der Waals surface area contributed by atoms with Crippen molar-refractivity contribution < 1.29 is 9.90 Å². The Labute approximate surface area is 83.7 Å². The first-order valence-corrected chi connectivity index (χ1v) is 5.67. The van der Waals surface area contributed by atoms with Gasteiger partial charge < -0.3 is 5.11 Å². The van der Waals surface area contributed by atoms with Gasteiger partial charge in [-0.2, -0.15) is 0 Å². The molecule has 0 saturated carbocycles. The smallest absolute Gasteiger partial charge is 0.417 e. The van der Waals surface area contributed by atoms with E-state index in [1.54, 1.807) is 0 Å². The lowest BCUT2D eigenvalue weighted by Gasteiger charge is -2.14. The van der Waals surface area contributed by atoms with Gasteiger partial charge in [0.15, 0.2) is 0 Å². The summed E-state index contributed by atoms with van der Waals surface area (Å²) in [6.07, 6.45) is -0.998. The van der Waals surface area contributed by atoms with E-state index < -0.39 is 15.7 Å². The van der Waals surface area contributed by atoms with E-state index in [1.165, 1.54) is 7.05 Å². The molecule has 3 nitrogen and oxygen atoms in total. The molecule has 1 N–H and O–H groups in total. The molecule has 70 valence electrons. The Morgan fingerprint density at radius 3 is 2.46 bits per heavy atom. The van der Waals surface area contributed by atoms with Gasteiger partial charge in [0.25, 0.3) is 0 Å². The Morgan fingerprint density at radius 1 is 1.46 bits per heavy atom. The maximum absolute atomic E-state index is 10.6. The fraction of sp³-hybridized carbons (Fsp3) is 0.125. The van der Waals surface area contributed by atoms with Crippen molar-refractivity contribution in [1.29, 1.82) is 0 Å². The van der Waals surface area contributed by atoms with Crippen LogP contribution in [0.5, 0.6) is 0 Å². The molecule has 0 aliphatic rings. The Hall–Kier alpha value is -0.940. The molecule has 0 saturated heterocycles. The lowest BCUT2D eigenvalue weighted by molar-refractivity contribution is 0.180. The van der Waals surface area contributed by atoms with Gasteiger partial charge in [-0.05, 0) is 23.3 Å². The molecule has 0 radical (unpaired) electrons. The highest BCUT2D eigenvalue weighted by atomic mass is 32.8. The van der Waals surface area contributed by atoms with Crippen LogP contribution in [0.3, 0.4) is 0 Å². The third-order valence-corrected chi connectivity index (χ3v) is 4.04. The van der Waals surface area contributed by atoms with E-state index in [-0.39, 0.29) is 0 Å². The summed E-state index contributed by atoms with van der Waals surface area (Å²) in [5.74, 6) is 0. The minimum Gasteiger partial charge on any atom is -0.464 e. The number of carboxylic acid groups (broad SMARTS) is 1. The summed E-state index contributed by atoms with van der Waals surface area (Å²) in [4.78, 5) is 11.4. The topological polar surface area (TPSA) is 40.5 Å². The third-order valence-electron chi connectivity index (χ3n) is 1.46. The van der Waals surface area contributed by atoms with Crippen molar-refractivity contribution in [3.8, 4) is 0 Å². The van der Waals surface area contributed by atoms with Crippen molar-refractivity contribution >= 4 is 26.9 Å². The van der Waals surface area contributed by atoms with Gasteiger partial charge in [0, 0.05) is 21.6 Å². The van der Waals surface area contributed by atoms with Crippen LogP contribution in [0.25, 0.3) is 0 Å². The van der Waals surface area contributed by atoms with Crippen LogP contribution in [-0.4, -0.2) is 22.6 Å².